The molecular formula is C5H12ClFN2. The molecule has 0 aromatic carbocycles. The largest absolute Gasteiger partial charge is 0.325 e. The molecule has 1 rings (SSSR count). The lowest BCUT2D eigenvalue weighted by Crippen LogP contribution is -2.46. The number of halogens is 2. The van der Waals surface area contributed by atoms with Gasteiger partial charge in [0.25, 0.3) is 0 Å². The monoisotopic (exact) mass is 154 g/mol. The zero-order valence-corrected chi connectivity index (χ0v) is 5.96. The van der Waals surface area contributed by atoms with E-state index in [4.69, 9.17) is 5.73 Å². The topological polar surface area (TPSA) is 38.0 Å². The van der Waals surface area contributed by atoms with Crippen molar-refractivity contribution < 1.29 is 4.39 Å². The molecule has 1 heterocycles. The summed E-state index contributed by atoms with van der Waals surface area (Å²) in [6.07, 6.45) is -0.0648. The van der Waals surface area contributed by atoms with E-state index in [9.17, 15) is 4.39 Å². The summed E-state index contributed by atoms with van der Waals surface area (Å²) in [5.41, 5.74) is 5.36. The first-order chi connectivity index (χ1) is 3.80. The second-order valence-electron chi connectivity index (χ2n) is 2.17. The lowest BCUT2D eigenvalue weighted by molar-refractivity contribution is 0.233. The molecule has 0 aliphatic carbocycles. The molecule has 0 radical (unpaired) electrons. The summed E-state index contributed by atoms with van der Waals surface area (Å²) < 4.78 is 12.4. The van der Waals surface area contributed by atoms with E-state index in [1.807, 2.05) is 0 Å². The van der Waals surface area contributed by atoms with Crippen LogP contribution in [0.2, 0.25) is 0 Å². The Hall–Kier alpha value is 0.140. The number of hydrogen-bond acceptors (Lipinski definition) is 2. The van der Waals surface area contributed by atoms with Crippen LogP contribution in [0.1, 0.15) is 6.42 Å². The minimum atomic E-state index is -0.830. The van der Waals surface area contributed by atoms with Gasteiger partial charge in [0.05, 0.1) is 0 Å². The van der Waals surface area contributed by atoms with Crippen LogP contribution in [0.4, 0.5) is 4.39 Å². The molecule has 9 heavy (non-hydrogen) atoms. The zero-order valence-electron chi connectivity index (χ0n) is 5.14. The van der Waals surface area contributed by atoms with Gasteiger partial charge in [0.15, 0.2) is 0 Å². The molecule has 0 aromatic heterocycles. The highest BCUT2D eigenvalue weighted by atomic mass is 35.5. The molecule has 0 spiro atoms. The van der Waals surface area contributed by atoms with Crippen LogP contribution in [-0.4, -0.2) is 25.3 Å². The molecule has 1 saturated heterocycles. The molecule has 0 aromatic rings. The van der Waals surface area contributed by atoms with Crippen molar-refractivity contribution >= 4 is 12.4 Å². The van der Waals surface area contributed by atoms with E-state index in [1.54, 1.807) is 0 Å². The molecule has 2 nitrogen and oxygen atoms in total. The van der Waals surface area contributed by atoms with Gasteiger partial charge in [0.2, 0.25) is 0 Å². The molecule has 3 N–H and O–H groups in total. The number of rotatable bonds is 0. The molecule has 0 bridgehead atoms. The Kier molecular flexibility index (Phi) is 4.10. The number of nitrogens with one attached hydrogen (secondary N) is 1. The van der Waals surface area contributed by atoms with Crippen molar-refractivity contribution in [2.45, 2.75) is 18.6 Å². The van der Waals surface area contributed by atoms with Gasteiger partial charge in [-0.1, -0.05) is 0 Å². The molecule has 1 aliphatic heterocycles. The van der Waals surface area contributed by atoms with Crippen LogP contribution < -0.4 is 11.1 Å². The average molecular weight is 155 g/mol. The second-order valence-corrected chi connectivity index (χ2v) is 2.17. The smallest absolute Gasteiger partial charge is 0.128 e. The summed E-state index contributed by atoms with van der Waals surface area (Å²) in [5.74, 6) is 0. The predicted molar refractivity (Wildman–Crippen MR) is 37.6 cm³/mol. The molecule has 0 saturated carbocycles. The summed E-state index contributed by atoms with van der Waals surface area (Å²) in [7, 11) is 0. The molecule has 1 fully saturated rings. The fraction of sp³-hybridized carbons (Fsp3) is 1.00. The maximum atomic E-state index is 12.4. The Morgan fingerprint density at radius 2 is 2.22 bits per heavy atom. The molecule has 0 amide bonds. The maximum absolute atomic E-state index is 12.4. The van der Waals surface area contributed by atoms with E-state index in [1.165, 1.54) is 0 Å². The third-order valence-electron chi connectivity index (χ3n) is 1.46. The number of nitrogens with two attached hydrogens (primary N) is 1. The minimum Gasteiger partial charge on any atom is -0.325 e. The van der Waals surface area contributed by atoms with E-state index < -0.39 is 6.17 Å². The first kappa shape index (κ1) is 9.14. The van der Waals surface area contributed by atoms with Crippen LogP contribution in [0, 0.1) is 0 Å². The molecule has 4 heteroatoms. The number of alkyl halides is 1. The molecule has 56 valence electrons. The minimum absolute atomic E-state index is 0. The van der Waals surface area contributed by atoms with Crippen LogP contribution in [0.15, 0.2) is 0 Å². The van der Waals surface area contributed by atoms with Crippen molar-refractivity contribution in [2.24, 2.45) is 5.73 Å². The van der Waals surface area contributed by atoms with Gasteiger partial charge >= 0.3 is 0 Å². The summed E-state index contributed by atoms with van der Waals surface area (Å²) >= 11 is 0. The highest BCUT2D eigenvalue weighted by molar-refractivity contribution is 5.85. The van der Waals surface area contributed by atoms with Gasteiger partial charge < -0.3 is 11.1 Å². The zero-order chi connectivity index (χ0) is 5.98. The molecule has 1 aliphatic rings. The van der Waals surface area contributed by atoms with E-state index >= 15 is 0 Å². The van der Waals surface area contributed by atoms with E-state index in [0.29, 0.717) is 6.54 Å². The standard InChI is InChI=1S/C5H11FN2.ClH/c6-4-3-8-2-1-5(4)7;/h4-5,8H,1-3,7H2;1H/t4-,5+;/m1./s1. The van der Waals surface area contributed by atoms with Crippen LogP contribution in [-0.2, 0) is 0 Å². The highest BCUT2D eigenvalue weighted by Crippen LogP contribution is 2.03. The maximum Gasteiger partial charge on any atom is 0.128 e. The Morgan fingerprint density at radius 3 is 2.56 bits per heavy atom. The van der Waals surface area contributed by atoms with Gasteiger partial charge in [0, 0.05) is 12.6 Å². The Balaban J connectivity index is 0.000000640. The summed E-state index contributed by atoms with van der Waals surface area (Å²) in [4.78, 5) is 0. The predicted octanol–water partition coefficient (Wildman–Crippen LogP) is 0.0669. The van der Waals surface area contributed by atoms with Gasteiger partial charge in [0.1, 0.15) is 6.17 Å². The first-order valence-electron chi connectivity index (χ1n) is 2.91. The lowest BCUT2D eigenvalue weighted by atomic mass is 10.1. The molecule has 0 unspecified atom stereocenters. The summed E-state index contributed by atoms with van der Waals surface area (Å²) in [5, 5.41) is 2.91. The normalized spacial score (nSPS) is 35.3. The highest BCUT2D eigenvalue weighted by Gasteiger charge is 2.19. The van der Waals surface area contributed by atoms with Gasteiger partial charge in [-0.3, -0.25) is 0 Å². The molecular weight excluding hydrogens is 143 g/mol. The van der Waals surface area contributed by atoms with Crippen LogP contribution in [0.3, 0.4) is 0 Å². The SMILES string of the molecule is Cl.N[C@H]1CCNC[C@H]1F. The van der Waals surface area contributed by atoms with Crippen LogP contribution >= 0.6 is 12.4 Å². The quantitative estimate of drug-likeness (QED) is 0.518. The Bertz CT molecular complexity index is 71.4. The summed E-state index contributed by atoms with van der Waals surface area (Å²) in [6, 6.07) is -0.226. The van der Waals surface area contributed by atoms with Gasteiger partial charge in [-0.05, 0) is 13.0 Å². The fourth-order valence-electron chi connectivity index (χ4n) is 0.841. The average Bonchev–Trinajstić information content (AvgIpc) is 1.77. The third-order valence-corrected chi connectivity index (χ3v) is 1.46. The van der Waals surface area contributed by atoms with Crippen molar-refractivity contribution in [3.8, 4) is 0 Å². The van der Waals surface area contributed by atoms with Crippen LogP contribution in [0.25, 0.3) is 0 Å². The number of piperidine rings is 1. The van der Waals surface area contributed by atoms with Crippen LogP contribution in [0.5, 0.6) is 0 Å². The molecule has 2 atom stereocenters. The van der Waals surface area contributed by atoms with Gasteiger partial charge in [-0.25, -0.2) is 4.39 Å². The Labute approximate surface area is 60.4 Å². The van der Waals surface area contributed by atoms with Crippen molar-refractivity contribution in [1.29, 1.82) is 0 Å². The lowest BCUT2D eigenvalue weighted by Gasteiger charge is -2.22. The first-order valence-corrected chi connectivity index (χ1v) is 2.91. The van der Waals surface area contributed by atoms with Crippen molar-refractivity contribution in [3.05, 3.63) is 0 Å². The third kappa shape index (κ3) is 2.47. The summed E-state index contributed by atoms with van der Waals surface area (Å²) in [6.45, 7) is 1.29. The van der Waals surface area contributed by atoms with Crippen molar-refractivity contribution in [2.75, 3.05) is 13.1 Å². The number of hydrogen-bond donors (Lipinski definition) is 2. The van der Waals surface area contributed by atoms with Gasteiger partial charge in [-0.2, -0.15) is 0 Å². The van der Waals surface area contributed by atoms with E-state index in [-0.39, 0.29) is 18.4 Å². The van der Waals surface area contributed by atoms with Crippen molar-refractivity contribution in [1.82, 2.24) is 5.32 Å². The van der Waals surface area contributed by atoms with Crippen molar-refractivity contribution in [3.63, 3.8) is 0 Å². The van der Waals surface area contributed by atoms with E-state index in [0.717, 1.165) is 13.0 Å². The second kappa shape index (κ2) is 4.04. The fourth-order valence-corrected chi connectivity index (χ4v) is 0.841. The van der Waals surface area contributed by atoms with Gasteiger partial charge in [-0.15, -0.1) is 12.4 Å². The van der Waals surface area contributed by atoms with E-state index in [2.05, 4.69) is 5.32 Å². The Morgan fingerprint density at radius 1 is 1.56 bits per heavy atom.